The Morgan fingerprint density at radius 2 is 2.33 bits per heavy atom. The molecule has 0 bridgehead atoms. The van der Waals surface area contributed by atoms with Crippen LogP contribution in [0.15, 0.2) is 28.2 Å². The van der Waals surface area contributed by atoms with Gasteiger partial charge >= 0.3 is 5.97 Å². The standard InChI is InChI=1S/C12H11BrN2O2S/c1-2-7-5-8(3-4-9(7)11(16)17)15-12-14-6-10(13)18-12/h3-6H,2H2,1H3,(H,14,15)(H,16,17). The van der Waals surface area contributed by atoms with Crippen LogP contribution in [0.1, 0.15) is 22.8 Å². The van der Waals surface area contributed by atoms with Crippen LogP contribution in [0.4, 0.5) is 10.8 Å². The number of nitrogens with zero attached hydrogens (tertiary/aromatic N) is 1. The second-order valence-corrected chi connectivity index (χ2v) is 6.04. The first-order valence-electron chi connectivity index (χ1n) is 5.34. The number of nitrogens with one attached hydrogen (secondary N) is 1. The molecular formula is C12H11BrN2O2S. The monoisotopic (exact) mass is 326 g/mol. The molecule has 2 N–H and O–H groups in total. The van der Waals surface area contributed by atoms with Crippen LogP contribution in [0.25, 0.3) is 0 Å². The Labute approximate surface area is 117 Å². The number of hydrogen-bond acceptors (Lipinski definition) is 4. The van der Waals surface area contributed by atoms with Gasteiger partial charge < -0.3 is 10.4 Å². The molecule has 1 aromatic carbocycles. The average Bonchev–Trinajstić information content (AvgIpc) is 2.74. The van der Waals surface area contributed by atoms with E-state index in [0.29, 0.717) is 12.0 Å². The third-order valence-electron chi connectivity index (χ3n) is 2.45. The van der Waals surface area contributed by atoms with E-state index in [4.69, 9.17) is 5.11 Å². The van der Waals surface area contributed by atoms with Gasteiger partial charge in [-0.15, -0.1) is 0 Å². The number of anilines is 2. The fraction of sp³-hybridized carbons (Fsp3) is 0.167. The van der Waals surface area contributed by atoms with E-state index >= 15 is 0 Å². The summed E-state index contributed by atoms with van der Waals surface area (Å²) >= 11 is 4.83. The van der Waals surface area contributed by atoms with Crippen molar-refractivity contribution < 1.29 is 9.90 Å². The second-order valence-electron chi connectivity index (χ2n) is 3.63. The Morgan fingerprint density at radius 1 is 1.56 bits per heavy atom. The Morgan fingerprint density at radius 3 is 2.89 bits per heavy atom. The number of hydrogen-bond donors (Lipinski definition) is 2. The molecule has 0 aliphatic rings. The maximum atomic E-state index is 11.0. The van der Waals surface area contributed by atoms with Gasteiger partial charge in [-0.3, -0.25) is 0 Å². The smallest absolute Gasteiger partial charge is 0.335 e. The summed E-state index contributed by atoms with van der Waals surface area (Å²) in [5.74, 6) is -0.893. The molecule has 0 saturated carbocycles. The lowest BCUT2D eigenvalue weighted by atomic mass is 10.0. The Balaban J connectivity index is 2.27. The van der Waals surface area contributed by atoms with E-state index in [1.807, 2.05) is 13.0 Å². The molecule has 0 amide bonds. The van der Waals surface area contributed by atoms with Crippen LogP contribution in [0, 0.1) is 0 Å². The van der Waals surface area contributed by atoms with Gasteiger partial charge in [0, 0.05) is 5.69 Å². The highest BCUT2D eigenvalue weighted by molar-refractivity contribution is 9.11. The summed E-state index contributed by atoms with van der Waals surface area (Å²) in [7, 11) is 0. The first-order chi connectivity index (χ1) is 8.60. The molecule has 0 aliphatic heterocycles. The van der Waals surface area contributed by atoms with Crippen molar-refractivity contribution in [3.8, 4) is 0 Å². The molecule has 4 nitrogen and oxygen atoms in total. The summed E-state index contributed by atoms with van der Waals surface area (Å²) in [6.07, 6.45) is 2.40. The van der Waals surface area contributed by atoms with Crippen LogP contribution >= 0.6 is 27.3 Å². The van der Waals surface area contributed by atoms with Crippen molar-refractivity contribution in [1.82, 2.24) is 4.98 Å². The molecule has 0 saturated heterocycles. The van der Waals surface area contributed by atoms with E-state index in [1.165, 1.54) is 11.3 Å². The molecule has 0 radical (unpaired) electrons. The highest BCUT2D eigenvalue weighted by Gasteiger charge is 2.09. The van der Waals surface area contributed by atoms with E-state index < -0.39 is 5.97 Å². The van der Waals surface area contributed by atoms with Crippen LogP contribution < -0.4 is 5.32 Å². The number of thiazole rings is 1. The van der Waals surface area contributed by atoms with E-state index in [9.17, 15) is 4.79 Å². The average molecular weight is 327 g/mol. The van der Waals surface area contributed by atoms with Gasteiger partial charge in [-0.2, -0.15) is 0 Å². The van der Waals surface area contributed by atoms with Crippen LogP contribution in [0.5, 0.6) is 0 Å². The quantitative estimate of drug-likeness (QED) is 0.894. The minimum Gasteiger partial charge on any atom is -0.478 e. The number of halogens is 1. The number of aryl methyl sites for hydroxylation is 1. The summed E-state index contributed by atoms with van der Waals surface area (Å²) in [6.45, 7) is 1.94. The predicted octanol–water partition coefficient (Wildman–Crippen LogP) is 3.91. The van der Waals surface area contributed by atoms with E-state index in [2.05, 4.69) is 26.2 Å². The van der Waals surface area contributed by atoms with Gasteiger partial charge in [0.1, 0.15) is 0 Å². The number of rotatable bonds is 4. The first kappa shape index (κ1) is 13.0. The fourth-order valence-corrected chi connectivity index (χ4v) is 2.74. The Hall–Kier alpha value is -1.40. The van der Waals surface area contributed by atoms with Gasteiger partial charge in [0.15, 0.2) is 5.13 Å². The summed E-state index contributed by atoms with van der Waals surface area (Å²) in [5.41, 5.74) is 2.00. The summed E-state index contributed by atoms with van der Waals surface area (Å²) < 4.78 is 0.947. The highest BCUT2D eigenvalue weighted by Crippen LogP contribution is 2.27. The van der Waals surface area contributed by atoms with Crippen LogP contribution in [-0.4, -0.2) is 16.1 Å². The molecule has 0 spiro atoms. The minimum absolute atomic E-state index is 0.350. The maximum absolute atomic E-state index is 11.0. The van der Waals surface area contributed by atoms with Crippen molar-refractivity contribution in [2.45, 2.75) is 13.3 Å². The third kappa shape index (κ3) is 2.88. The van der Waals surface area contributed by atoms with E-state index in [1.54, 1.807) is 18.3 Å². The minimum atomic E-state index is -0.893. The number of carboxylic acids is 1. The van der Waals surface area contributed by atoms with Gasteiger partial charge in [-0.25, -0.2) is 9.78 Å². The molecule has 1 heterocycles. The van der Waals surface area contributed by atoms with Crippen LogP contribution in [-0.2, 0) is 6.42 Å². The second kappa shape index (κ2) is 5.49. The van der Waals surface area contributed by atoms with Crippen molar-refractivity contribution in [2.24, 2.45) is 0 Å². The molecule has 0 fully saturated rings. The lowest BCUT2D eigenvalue weighted by molar-refractivity contribution is 0.0696. The molecule has 2 aromatic rings. The molecule has 18 heavy (non-hydrogen) atoms. The van der Waals surface area contributed by atoms with Crippen molar-refractivity contribution >= 4 is 44.1 Å². The van der Waals surface area contributed by atoms with Crippen LogP contribution in [0.3, 0.4) is 0 Å². The first-order valence-corrected chi connectivity index (χ1v) is 6.95. The van der Waals surface area contributed by atoms with Gasteiger partial charge in [-0.05, 0) is 46.1 Å². The topological polar surface area (TPSA) is 62.2 Å². The Bertz CT molecular complexity index is 583. The molecule has 94 valence electrons. The molecule has 1 aromatic heterocycles. The van der Waals surface area contributed by atoms with Crippen molar-refractivity contribution in [1.29, 1.82) is 0 Å². The zero-order chi connectivity index (χ0) is 13.1. The number of aromatic carboxylic acids is 1. The van der Waals surface area contributed by atoms with Crippen molar-refractivity contribution in [2.75, 3.05) is 5.32 Å². The third-order valence-corrected chi connectivity index (χ3v) is 3.84. The molecule has 0 unspecified atom stereocenters. The van der Waals surface area contributed by atoms with Crippen molar-refractivity contribution in [3.05, 3.63) is 39.3 Å². The van der Waals surface area contributed by atoms with Crippen LogP contribution in [0.2, 0.25) is 0 Å². The number of benzene rings is 1. The normalized spacial score (nSPS) is 10.3. The maximum Gasteiger partial charge on any atom is 0.335 e. The predicted molar refractivity (Wildman–Crippen MR) is 75.9 cm³/mol. The number of aromatic nitrogens is 1. The Kier molecular flexibility index (Phi) is 3.98. The lowest BCUT2D eigenvalue weighted by Crippen LogP contribution is -2.02. The SMILES string of the molecule is CCc1cc(Nc2ncc(Br)s2)ccc1C(=O)O. The molecule has 2 rings (SSSR count). The van der Waals surface area contributed by atoms with E-state index in [-0.39, 0.29) is 0 Å². The largest absolute Gasteiger partial charge is 0.478 e. The van der Waals surface area contributed by atoms with Crippen molar-refractivity contribution in [3.63, 3.8) is 0 Å². The molecule has 0 aliphatic carbocycles. The number of carbonyl (C=O) groups is 1. The summed E-state index contributed by atoms with van der Waals surface area (Å²) in [4.78, 5) is 15.2. The lowest BCUT2D eigenvalue weighted by Gasteiger charge is -2.07. The van der Waals surface area contributed by atoms with Gasteiger partial charge in [-0.1, -0.05) is 18.3 Å². The van der Waals surface area contributed by atoms with Gasteiger partial charge in [0.25, 0.3) is 0 Å². The molecule has 6 heteroatoms. The molecule has 0 atom stereocenters. The summed E-state index contributed by atoms with van der Waals surface area (Å²) in [6, 6.07) is 5.21. The molecular weight excluding hydrogens is 316 g/mol. The van der Waals surface area contributed by atoms with Gasteiger partial charge in [0.05, 0.1) is 15.5 Å². The number of carboxylic acid groups (broad SMARTS) is 1. The highest BCUT2D eigenvalue weighted by atomic mass is 79.9. The fourth-order valence-electron chi connectivity index (χ4n) is 1.61. The zero-order valence-electron chi connectivity index (χ0n) is 9.61. The zero-order valence-corrected chi connectivity index (χ0v) is 12.0. The van der Waals surface area contributed by atoms with Gasteiger partial charge in [0.2, 0.25) is 0 Å². The summed E-state index contributed by atoms with van der Waals surface area (Å²) in [5, 5.41) is 13.0. The van der Waals surface area contributed by atoms with E-state index in [0.717, 1.165) is 20.2 Å².